The number of fused-ring (bicyclic) bond motifs is 1. The van der Waals surface area contributed by atoms with E-state index in [4.69, 9.17) is 0 Å². The van der Waals surface area contributed by atoms with Gasteiger partial charge < -0.3 is 15.1 Å². The van der Waals surface area contributed by atoms with Crippen molar-refractivity contribution in [2.75, 3.05) is 34.8 Å². The van der Waals surface area contributed by atoms with E-state index >= 15 is 0 Å². The van der Waals surface area contributed by atoms with Gasteiger partial charge in [0, 0.05) is 37.4 Å². The van der Waals surface area contributed by atoms with Gasteiger partial charge in [0.25, 0.3) is 0 Å². The highest BCUT2D eigenvalue weighted by Crippen LogP contribution is 2.32. The second-order valence-electron chi connectivity index (χ2n) is 7.02. The van der Waals surface area contributed by atoms with Crippen molar-refractivity contribution in [2.24, 2.45) is 5.92 Å². The Labute approximate surface area is 157 Å². The third kappa shape index (κ3) is 3.27. The van der Waals surface area contributed by atoms with Crippen molar-refractivity contribution in [3.05, 3.63) is 53.8 Å². The van der Waals surface area contributed by atoms with Crippen LogP contribution >= 0.6 is 0 Å². The van der Waals surface area contributed by atoms with Crippen LogP contribution in [0.2, 0.25) is 0 Å². The molecule has 6 heteroatoms. The number of halogens is 1. The molecule has 5 nitrogen and oxygen atoms in total. The Morgan fingerprint density at radius 2 is 2.04 bits per heavy atom. The second kappa shape index (κ2) is 7.02. The summed E-state index contributed by atoms with van der Waals surface area (Å²) in [6.07, 6.45) is 1.11. The highest BCUT2D eigenvalue weighted by Gasteiger charge is 2.36. The lowest BCUT2D eigenvalue weighted by atomic mass is 10.1. The van der Waals surface area contributed by atoms with Gasteiger partial charge in [-0.15, -0.1) is 0 Å². The zero-order chi connectivity index (χ0) is 19.0. The van der Waals surface area contributed by atoms with E-state index in [-0.39, 0.29) is 30.5 Å². The highest BCUT2D eigenvalue weighted by atomic mass is 19.1. The zero-order valence-electron chi connectivity index (χ0n) is 15.2. The lowest BCUT2D eigenvalue weighted by molar-refractivity contribution is -0.122. The van der Waals surface area contributed by atoms with E-state index in [1.165, 1.54) is 16.5 Å². The Morgan fingerprint density at radius 3 is 2.81 bits per heavy atom. The van der Waals surface area contributed by atoms with Gasteiger partial charge in [-0.3, -0.25) is 9.59 Å². The quantitative estimate of drug-likeness (QED) is 0.903. The minimum Gasteiger partial charge on any atom is -0.371 e. The molecule has 1 fully saturated rings. The number of benzene rings is 2. The van der Waals surface area contributed by atoms with Crippen LogP contribution in [0.5, 0.6) is 0 Å². The number of hydrogen-bond acceptors (Lipinski definition) is 3. The van der Waals surface area contributed by atoms with Crippen molar-refractivity contribution in [3.8, 4) is 0 Å². The fourth-order valence-electron chi connectivity index (χ4n) is 3.88. The van der Waals surface area contributed by atoms with E-state index in [0.29, 0.717) is 0 Å². The molecule has 2 aliphatic rings. The summed E-state index contributed by atoms with van der Waals surface area (Å²) >= 11 is 0. The third-order valence-corrected chi connectivity index (χ3v) is 5.37. The molecular formula is C21H22FN3O2. The lowest BCUT2D eigenvalue weighted by Gasteiger charge is -2.18. The highest BCUT2D eigenvalue weighted by molar-refractivity contribution is 6.03. The molecular weight excluding hydrogens is 345 g/mol. The predicted molar refractivity (Wildman–Crippen MR) is 104 cm³/mol. The average molecular weight is 367 g/mol. The van der Waals surface area contributed by atoms with Gasteiger partial charge >= 0.3 is 0 Å². The van der Waals surface area contributed by atoms with E-state index in [2.05, 4.69) is 17.1 Å². The predicted octanol–water partition coefficient (Wildman–Crippen LogP) is 3.20. The van der Waals surface area contributed by atoms with Crippen LogP contribution in [0, 0.1) is 11.7 Å². The molecule has 0 saturated carbocycles. The van der Waals surface area contributed by atoms with Crippen molar-refractivity contribution in [1.29, 1.82) is 0 Å². The number of nitrogens with zero attached hydrogens (tertiary/aromatic N) is 2. The molecule has 1 saturated heterocycles. The van der Waals surface area contributed by atoms with Crippen molar-refractivity contribution in [3.63, 3.8) is 0 Å². The minimum atomic E-state index is -0.493. The molecule has 0 bridgehead atoms. The molecule has 4 rings (SSSR count). The summed E-state index contributed by atoms with van der Waals surface area (Å²) in [6, 6.07) is 12.1. The summed E-state index contributed by atoms with van der Waals surface area (Å²) in [7, 11) is 0. The SMILES string of the molecule is CCN1CCc2ccc(NC(=O)C3CC(=O)N(c4ccccc4F)C3)cc21. The van der Waals surface area contributed by atoms with Crippen molar-refractivity contribution in [2.45, 2.75) is 19.8 Å². The van der Waals surface area contributed by atoms with Crippen LogP contribution < -0.4 is 15.1 Å². The van der Waals surface area contributed by atoms with E-state index in [1.54, 1.807) is 18.2 Å². The maximum atomic E-state index is 14.0. The molecule has 0 spiro atoms. The number of nitrogens with one attached hydrogen (secondary N) is 1. The number of amides is 2. The molecule has 2 aromatic carbocycles. The molecule has 1 atom stereocenters. The molecule has 27 heavy (non-hydrogen) atoms. The molecule has 2 aromatic rings. The molecule has 1 N–H and O–H groups in total. The first kappa shape index (κ1) is 17.5. The summed E-state index contributed by atoms with van der Waals surface area (Å²) in [5.74, 6) is -1.38. The molecule has 2 aliphatic heterocycles. The van der Waals surface area contributed by atoms with Crippen LogP contribution in [0.15, 0.2) is 42.5 Å². The maximum Gasteiger partial charge on any atom is 0.229 e. The third-order valence-electron chi connectivity index (χ3n) is 5.37. The number of para-hydroxylation sites is 1. The van der Waals surface area contributed by atoms with E-state index in [0.717, 1.165) is 30.9 Å². The van der Waals surface area contributed by atoms with Gasteiger partial charge in [0.05, 0.1) is 11.6 Å². The first-order chi connectivity index (χ1) is 13.1. The number of carbonyl (C=O) groups is 2. The molecule has 1 unspecified atom stereocenters. The Kier molecular flexibility index (Phi) is 4.56. The van der Waals surface area contributed by atoms with Gasteiger partial charge in [-0.1, -0.05) is 18.2 Å². The topological polar surface area (TPSA) is 52.7 Å². The Hall–Kier alpha value is -2.89. The van der Waals surface area contributed by atoms with Gasteiger partial charge in [0.15, 0.2) is 0 Å². The number of likely N-dealkylation sites (N-methyl/N-ethyl adjacent to an activating group) is 1. The van der Waals surface area contributed by atoms with Crippen LogP contribution in [0.1, 0.15) is 18.9 Å². The van der Waals surface area contributed by atoms with Gasteiger partial charge in [-0.2, -0.15) is 0 Å². The zero-order valence-corrected chi connectivity index (χ0v) is 15.2. The maximum absolute atomic E-state index is 14.0. The Bertz CT molecular complexity index is 899. The van der Waals surface area contributed by atoms with E-state index in [9.17, 15) is 14.0 Å². The molecule has 0 aromatic heterocycles. The summed E-state index contributed by atoms with van der Waals surface area (Å²) in [4.78, 5) is 28.6. The number of hydrogen-bond donors (Lipinski definition) is 1. The van der Waals surface area contributed by atoms with Crippen LogP contribution in [-0.4, -0.2) is 31.4 Å². The minimum absolute atomic E-state index is 0.0895. The van der Waals surface area contributed by atoms with Gasteiger partial charge in [0.2, 0.25) is 11.8 Å². The first-order valence-electron chi connectivity index (χ1n) is 9.30. The smallest absolute Gasteiger partial charge is 0.229 e. The van der Waals surface area contributed by atoms with Crippen LogP contribution in [0.3, 0.4) is 0 Å². The molecule has 0 radical (unpaired) electrons. The van der Waals surface area contributed by atoms with E-state index in [1.807, 2.05) is 18.2 Å². The Morgan fingerprint density at radius 1 is 1.22 bits per heavy atom. The van der Waals surface area contributed by atoms with Crippen LogP contribution in [0.25, 0.3) is 0 Å². The van der Waals surface area contributed by atoms with Gasteiger partial charge in [0.1, 0.15) is 5.82 Å². The van der Waals surface area contributed by atoms with Gasteiger partial charge in [-0.05, 0) is 43.2 Å². The monoisotopic (exact) mass is 367 g/mol. The molecule has 140 valence electrons. The molecule has 2 heterocycles. The van der Waals surface area contributed by atoms with Gasteiger partial charge in [-0.25, -0.2) is 4.39 Å². The van der Waals surface area contributed by atoms with Crippen LogP contribution in [0.4, 0.5) is 21.5 Å². The largest absolute Gasteiger partial charge is 0.371 e. The lowest BCUT2D eigenvalue weighted by Crippen LogP contribution is -2.28. The van der Waals surface area contributed by atoms with E-state index < -0.39 is 11.7 Å². The van der Waals surface area contributed by atoms with Crippen molar-refractivity contribution >= 4 is 28.9 Å². The first-order valence-corrected chi connectivity index (χ1v) is 9.30. The number of carbonyl (C=O) groups excluding carboxylic acids is 2. The normalized spacial score (nSPS) is 18.7. The summed E-state index contributed by atoms with van der Waals surface area (Å²) in [5, 5.41) is 2.93. The van der Waals surface area contributed by atoms with Crippen molar-refractivity contribution < 1.29 is 14.0 Å². The van der Waals surface area contributed by atoms with Crippen LogP contribution in [-0.2, 0) is 16.0 Å². The standard InChI is InChI=1S/C21H22FN3O2/c1-2-24-10-9-14-7-8-16(12-19(14)24)23-21(27)15-11-20(26)25(13-15)18-6-4-3-5-17(18)22/h3-8,12,15H,2,9-11,13H2,1H3,(H,23,27). The summed E-state index contributed by atoms with van der Waals surface area (Å²) < 4.78 is 14.0. The van der Waals surface area contributed by atoms with Crippen molar-refractivity contribution in [1.82, 2.24) is 0 Å². The summed E-state index contributed by atoms with van der Waals surface area (Å²) in [5.41, 5.74) is 3.41. The average Bonchev–Trinajstić information content (AvgIpc) is 3.25. The number of rotatable bonds is 4. The molecule has 0 aliphatic carbocycles. The fourth-order valence-corrected chi connectivity index (χ4v) is 3.88. The molecule has 2 amide bonds. The second-order valence-corrected chi connectivity index (χ2v) is 7.02. The fraction of sp³-hybridized carbons (Fsp3) is 0.333. The number of anilines is 3. The Balaban J connectivity index is 1.47. The summed E-state index contributed by atoms with van der Waals surface area (Å²) in [6.45, 7) is 4.23.